The van der Waals surface area contributed by atoms with Crippen LogP contribution in [0.4, 0.5) is 20.3 Å². The maximum absolute atomic E-state index is 15.8. The highest BCUT2D eigenvalue weighted by atomic mass is 32.2. The number of hydrogen-bond acceptors (Lipinski definition) is 9. The first-order chi connectivity index (χ1) is 19.8. The Balaban J connectivity index is 1.86. The molecule has 42 heavy (non-hydrogen) atoms. The number of nitrogens with two attached hydrogens (primary N) is 2. The molecule has 4 aromatic rings. The Labute approximate surface area is 239 Å². The van der Waals surface area contributed by atoms with Crippen molar-refractivity contribution in [2.24, 2.45) is 5.14 Å². The number of aryl methyl sites for hydroxylation is 1. The average molecular weight is 597 g/mol. The Hall–Kier alpha value is -4.76. The van der Waals surface area contributed by atoms with E-state index in [0.29, 0.717) is 0 Å². The van der Waals surface area contributed by atoms with Crippen LogP contribution >= 0.6 is 0 Å². The molecule has 0 unspecified atom stereocenters. The lowest BCUT2D eigenvalue weighted by Gasteiger charge is -2.40. The van der Waals surface area contributed by atoms with Gasteiger partial charge < -0.3 is 15.5 Å². The predicted molar refractivity (Wildman–Crippen MR) is 152 cm³/mol. The number of rotatable bonds is 5. The first-order valence-electron chi connectivity index (χ1n) is 12.7. The summed E-state index contributed by atoms with van der Waals surface area (Å²) in [6.45, 7) is 7.58. The fraction of sp³-hybridized carbons (Fsp3) is 0.222. The van der Waals surface area contributed by atoms with E-state index in [1.54, 1.807) is 16.7 Å². The van der Waals surface area contributed by atoms with Gasteiger partial charge in [0.05, 0.1) is 16.6 Å². The molecule has 5 rings (SSSR count). The number of fused-ring (bicyclic) bond motifs is 1. The van der Waals surface area contributed by atoms with E-state index in [1.165, 1.54) is 37.4 Å². The van der Waals surface area contributed by atoms with E-state index in [-0.39, 0.29) is 70.9 Å². The van der Waals surface area contributed by atoms with Crippen LogP contribution in [0.15, 0.2) is 59.0 Å². The van der Waals surface area contributed by atoms with Crippen LogP contribution in [0.25, 0.3) is 28.0 Å². The van der Waals surface area contributed by atoms with Crippen molar-refractivity contribution < 1.29 is 22.0 Å². The number of nitrogen functional groups attached to an aromatic ring is 1. The number of piperazine rings is 1. The molecule has 15 heteroatoms. The van der Waals surface area contributed by atoms with Gasteiger partial charge in [0.15, 0.2) is 16.5 Å². The number of benzene rings is 1. The van der Waals surface area contributed by atoms with E-state index >= 15 is 4.39 Å². The smallest absolute Gasteiger partial charge is 0.355 e. The number of sulfonamides is 1. The molecule has 1 atom stereocenters. The Morgan fingerprint density at radius 1 is 1.17 bits per heavy atom. The van der Waals surface area contributed by atoms with E-state index in [9.17, 15) is 22.4 Å². The molecule has 1 fully saturated rings. The number of hydrogen-bond donors (Lipinski definition) is 2. The second-order valence-corrected chi connectivity index (χ2v) is 11.3. The van der Waals surface area contributed by atoms with Gasteiger partial charge in [0, 0.05) is 37.6 Å². The second-order valence-electron chi connectivity index (χ2n) is 9.80. The lowest BCUT2D eigenvalue weighted by Crippen LogP contribution is -2.54. The van der Waals surface area contributed by atoms with Crippen LogP contribution in [0.3, 0.4) is 0 Å². The van der Waals surface area contributed by atoms with Crippen LogP contribution in [0.5, 0.6) is 0 Å². The Bertz CT molecular complexity index is 1930. The number of amides is 1. The molecule has 1 aliphatic heterocycles. The zero-order chi connectivity index (χ0) is 30.5. The molecule has 218 valence electrons. The third kappa shape index (κ3) is 4.86. The molecule has 3 aromatic heterocycles. The van der Waals surface area contributed by atoms with Gasteiger partial charge in [-0.05, 0) is 49.8 Å². The normalized spacial score (nSPS) is 15.7. The Morgan fingerprint density at radius 3 is 2.55 bits per heavy atom. The molecule has 0 spiro atoms. The van der Waals surface area contributed by atoms with Gasteiger partial charge in [0.25, 0.3) is 10.0 Å². The lowest BCUT2D eigenvalue weighted by atomic mass is 10.1. The lowest BCUT2D eigenvalue weighted by molar-refractivity contribution is -0.126. The van der Waals surface area contributed by atoms with Crippen molar-refractivity contribution in [3.05, 3.63) is 76.9 Å². The summed E-state index contributed by atoms with van der Waals surface area (Å²) in [7, 11) is -4.47. The molecule has 0 radical (unpaired) electrons. The van der Waals surface area contributed by atoms with Crippen LogP contribution in [-0.2, 0) is 14.8 Å². The molecular formula is C27H26F2N8O4S. The first kappa shape index (κ1) is 28.8. The third-order valence-electron chi connectivity index (χ3n) is 7.06. The van der Waals surface area contributed by atoms with Crippen molar-refractivity contribution in [2.75, 3.05) is 30.3 Å². The van der Waals surface area contributed by atoms with Gasteiger partial charge in [-0.3, -0.25) is 4.79 Å². The highest BCUT2D eigenvalue weighted by Crippen LogP contribution is 2.35. The number of halogens is 2. The minimum absolute atomic E-state index is 0.0183. The molecule has 12 nitrogen and oxygen atoms in total. The zero-order valence-electron chi connectivity index (χ0n) is 22.6. The third-order valence-corrected chi connectivity index (χ3v) is 7.89. The number of nitrogens with zero attached hydrogens (tertiary/aromatic N) is 6. The largest absolute Gasteiger partial charge is 0.398 e. The standard InChI is InChI=1S/C27H26F2N8O4S/c1-4-20(38)35-10-11-36(15(3)13-35)24-16-12-18(29)22(21-17(28)6-5-7-19(21)30)33-25(16)37(27(39)34-24)23-14(2)8-9-32-26(23)42(31,40)41/h4-9,12,15H,1,10-11,13,30H2,2-3H3,(H2,31,40,41)/t15-/m0/s1. The van der Waals surface area contributed by atoms with Crippen molar-refractivity contribution in [3.63, 3.8) is 0 Å². The molecule has 1 aromatic carbocycles. The van der Waals surface area contributed by atoms with Gasteiger partial charge in [0.1, 0.15) is 17.3 Å². The molecule has 0 saturated carbocycles. The molecule has 0 aliphatic carbocycles. The number of primary sulfonamides is 1. The van der Waals surface area contributed by atoms with Crippen molar-refractivity contribution >= 4 is 38.5 Å². The number of pyridine rings is 2. The van der Waals surface area contributed by atoms with Crippen molar-refractivity contribution in [2.45, 2.75) is 24.9 Å². The summed E-state index contributed by atoms with van der Waals surface area (Å²) in [4.78, 5) is 41.7. The van der Waals surface area contributed by atoms with Gasteiger partial charge in [-0.15, -0.1) is 0 Å². The molecule has 0 bridgehead atoms. The van der Waals surface area contributed by atoms with E-state index in [0.717, 1.165) is 16.7 Å². The molecule has 1 aliphatic rings. The predicted octanol–water partition coefficient (Wildman–Crippen LogP) is 1.88. The van der Waals surface area contributed by atoms with E-state index in [2.05, 4.69) is 21.5 Å². The van der Waals surface area contributed by atoms with Crippen molar-refractivity contribution in [3.8, 4) is 16.9 Å². The summed E-state index contributed by atoms with van der Waals surface area (Å²) in [6, 6.07) is 5.91. The summed E-state index contributed by atoms with van der Waals surface area (Å²) in [5, 5.41) is 4.82. The number of anilines is 2. The van der Waals surface area contributed by atoms with Crippen LogP contribution in [0.1, 0.15) is 12.5 Å². The maximum Gasteiger partial charge on any atom is 0.355 e. The van der Waals surface area contributed by atoms with Crippen molar-refractivity contribution in [1.82, 2.24) is 24.4 Å². The average Bonchev–Trinajstić information content (AvgIpc) is 2.92. The molecule has 4 heterocycles. The summed E-state index contributed by atoms with van der Waals surface area (Å²) < 4.78 is 56.6. The quantitative estimate of drug-likeness (QED) is 0.258. The highest BCUT2D eigenvalue weighted by molar-refractivity contribution is 7.89. The minimum Gasteiger partial charge on any atom is -0.398 e. The van der Waals surface area contributed by atoms with Crippen LogP contribution in [-0.4, -0.2) is 64.4 Å². The topological polar surface area (TPSA) is 170 Å². The summed E-state index contributed by atoms with van der Waals surface area (Å²) >= 11 is 0. The fourth-order valence-electron chi connectivity index (χ4n) is 5.10. The molecule has 1 saturated heterocycles. The Kier molecular flexibility index (Phi) is 7.24. The van der Waals surface area contributed by atoms with E-state index in [4.69, 9.17) is 10.9 Å². The van der Waals surface area contributed by atoms with E-state index in [1.807, 2.05) is 0 Å². The molecule has 4 N–H and O–H groups in total. The second kappa shape index (κ2) is 10.6. The zero-order valence-corrected chi connectivity index (χ0v) is 23.4. The van der Waals surface area contributed by atoms with Crippen LogP contribution < -0.4 is 21.5 Å². The minimum atomic E-state index is -4.47. The number of aromatic nitrogens is 4. The summed E-state index contributed by atoms with van der Waals surface area (Å²) in [6.07, 6.45) is 2.41. The van der Waals surface area contributed by atoms with Gasteiger partial charge >= 0.3 is 5.69 Å². The van der Waals surface area contributed by atoms with Crippen LogP contribution in [0.2, 0.25) is 0 Å². The fourth-order valence-corrected chi connectivity index (χ4v) is 5.83. The van der Waals surface area contributed by atoms with Crippen LogP contribution in [0, 0.1) is 18.6 Å². The summed E-state index contributed by atoms with van der Waals surface area (Å²) in [5.74, 6) is -2.04. The number of carbonyl (C=O) groups is 1. The Morgan fingerprint density at radius 2 is 1.90 bits per heavy atom. The first-order valence-corrected chi connectivity index (χ1v) is 14.2. The van der Waals surface area contributed by atoms with Gasteiger partial charge in [-0.1, -0.05) is 12.6 Å². The number of carbonyl (C=O) groups excluding carboxylic acids is 1. The molecule has 1 amide bonds. The van der Waals surface area contributed by atoms with Gasteiger partial charge in [-0.25, -0.2) is 41.7 Å². The highest BCUT2D eigenvalue weighted by Gasteiger charge is 2.31. The maximum atomic E-state index is 15.8. The van der Waals surface area contributed by atoms with Crippen molar-refractivity contribution in [1.29, 1.82) is 0 Å². The molecular weight excluding hydrogens is 570 g/mol. The SMILES string of the molecule is C=CC(=O)N1CCN(c2nc(=O)n(-c3c(C)ccnc3S(N)(=O)=O)c3nc(-c4c(N)cccc4F)c(F)cc23)[C@@H](C)C1. The summed E-state index contributed by atoms with van der Waals surface area (Å²) in [5.41, 5.74) is 3.86. The van der Waals surface area contributed by atoms with E-state index < -0.39 is 38.1 Å². The van der Waals surface area contributed by atoms with Gasteiger partial charge in [0.2, 0.25) is 5.91 Å². The van der Waals surface area contributed by atoms with Gasteiger partial charge in [-0.2, -0.15) is 4.98 Å². The monoisotopic (exact) mass is 596 g/mol.